The number of esters is 3. The number of carbonyl (C=O) groups is 3. The van der Waals surface area contributed by atoms with Crippen LogP contribution in [-0.4, -0.2) is 95.6 Å². The molecule has 6 aliphatic rings. The smallest absolute Gasteiger partial charge is 0.311 e. The fraction of sp³-hybridized carbons (Fsp3) is 0.800. The van der Waals surface area contributed by atoms with E-state index in [2.05, 4.69) is 45.1 Å². The van der Waals surface area contributed by atoms with Gasteiger partial charge >= 0.3 is 17.9 Å². The monoisotopic (exact) mass is 941 g/mol. The van der Waals surface area contributed by atoms with Gasteiger partial charge in [-0.1, -0.05) is 71.1 Å². The highest BCUT2D eigenvalue weighted by Gasteiger charge is 2.46. The molecule has 380 valence electrons. The molecule has 0 saturated carbocycles. The lowest BCUT2D eigenvalue weighted by molar-refractivity contribution is -0.301. The topological polar surface area (TPSA) is 156 Å². The van der Waals surface area contributed by atoms with Crippen molar-refractivity contribution in [1.82, 2.24) is 0 Å². The van der Waals surface area contributed by atoms with E-state index in [-0.39, 0.29) is 78.7 Å². The second-order valence-electron chi connectivity index (χ2n) is 22.7. The van der Waals surface area contributed by atoms with Crippen LogP contribution in [-0.2, 0) is 47.5 Å². The molecule has 2 saturated heterocycles. The Balaban J connectivity index is 0.000000252. The summed E-state index contributed by atoms with van der Waals surface area (Å²) in [6.07, 6.45) is 19.4. The molecule has 0 aromatic rings. The minimum Gasteiger partial charge on any atom is -0.469 e. The van der Waals surface area contributed by atoms with Crippen molar-refractivity contribution in [3.63, 3.8) is 0 Å². The van der Waals surface area contributed by atoms with Crippen molar-refractivity contribution in [3.8, 4) is 0 Å². The van der Waals surface area contributed by atoms with Gasteiger partial charge in [0.1, 0.15) is 12.2 Å². The van der Waals surface area contributed by atoms with Gasteiger partial charge in [-0.05, 0) is 135 Å². The van der Waals surface area contributed by atoms with Crippen molar-refractivity contribution in [1.29, 1.82) is 0 Å². The van der Waals surface area contributed by atoms with Crippen LogP contribution in [0, 0.1) is 46.3 Å². The predicted octanol–water partition coefficient (Wildman–Crippen LogP) is 10.3. The van der Waals surface area contributed by atoms with Crippen LogP contribution in [0.3, 0.4) is 0 Å². The van der Waals surface area contributed by atoms with E-state index in [0.29, 0.717) is 43.4 Å². The Kier molecular flexibility index (Phi) is 18.8. The van der Waals surface area contributed by atoms with E-state index in [4.69, 9.17) is 33.2 Å². The van der Waals surface area contributed by atoms with E-state index in [1.165, 1.54) is 7.11 Å². The summed E-state index contributed by atoms with van der Waals surface area (Å²) >= 11 is 0. The Labute approximate surface area is 403 Å². The van der Waals surface area contributed by atoms with Crippen LogP contribution in [0.5, 0.6) is 0 Å². The first-order chi connectivity index (χ1) is 31.3. The lowest BCUT2D eigenvalue weighted by atomic mass is 9.66. The van der Waals surface area contributed by atoms with Crippen LogP contribution in [0.25, 0.3) is 0 Å². The number of hydrogen-bond donors (Lipinski definition) is 2. The number of ether oxygens (including phenoxy) is 7. The summed E-state index contributed by atoms with van der Waals surface area (Å²) in [7, 11) is 1.39. The average molecular weight is 941 g/mol. The Morgan fingerprint density at radius 2 is 1.01 bits per heavy atom. The number of aliphatic hydroxyl groups excluding tert-OH is 2. The van der Waals surface area contributed by atoms with Crippen LogP contribution in [0.2, 0.25) is 0 Å². The van der Waals surface area contributed by atoms with Gasteiger partial charge in [0.25, 0.3) is 0 Å². The molecule has 0 amide bonds. The molecule has 2 aliphatic heterocycles. The highest BCUT2D eigenvalue weighted by Crippen LogP contribution is 2.47. The Morgan fingerprint density at radius 1 is 0.627 bits per heavy atom. The second kappa shape index (κ2) is 22.9. The molecule has 14 atom stereocenters. The minimum atomic E-state index is -0.774. The van der Waals surface area contributed by atoms with Gasteiger partial charge in [0.2, 0.25) is 0 Å². The Bertz CT molecular complexity index is 1810. The Morgan fingerprint density at radius 3 is 1.40 bits per heavy atom. The second-order valence-corrected chi connectivity index (χ2v) is 22.7. The maximum atomic E-state index is 12.9. The number of aliphatic hydroxyl groups is 2. The molecule has 0 spiro atoms. The third-order valence-corrected chi connectivity index (χ3v) is 15.7. The number of fused-ring (bicyclic) bond motifs is 2. The van der Waals surface area contributed by atoms with Gasteiger partial charge in [-0.15, -0.1) is 0 Å². The average Bonchev–Trinajstić information content (AvgIpc) is 3.24. The molecule has 12 nitrogen and oxygen atoms in total. The molecule has 0 bridgehead atoms. The normalized spacial score (nSPS) is 35.6. The molecule has 2 N–H and O–H groups in total. The molecule has 0 aromatic heterocycles. The maximum absolute atomic E-state index is 12.9. The first-order valence-corrected chi connectivity index (χ1v) is 25.7. The van der Waals surface area contributed by atoms with Gasteiger partial charge in [0, 0.05) is 37.5 Å². The molecule has 6 rings (SSSR count). The number of carbonyl (C=O) groups excluding carboxylic acids is 3. The largest absolute Gasteiger partial charge is 0.469 e. The van der Waals surface area contributed by atoms with Crippen molar-refractivity contribution in [2.75, 3.05) is 7.11 Å². The number of allylic oxidation sites excluding steroid dienone is 4. The lowest BCUT2D eigenvalue weighted by Gasteiger charge is -2.45. The number of methoxy groups -OCH3 is 1. The molecule has 0 radical (unpaired) electrons. The van der Waals surface area contributed by atoms with Crippen molar-refractivity contribution in [2.45, 2.75) is 227 Å². The molecule has 67 heavy (non-hydrogen) atoms. The summed E-state index contributed by atoms with van der Waals surface area (Å²) in [5, 5.41) is 20.9. The van der Waals surface area contributed by atoms with Gasteiger partial charge < -0.3 is 43.4 Å². The summed E-state index contributed by atoms with van der Waals surface area (Å²) in [6, 6.07) is 0. The van der Waals surface area contributed by atoms with E-state index in [1.807, 2.05) is 81.4 Å². The van der Waals surface area contributed by atoms with E-state index in [1.54, 1.807) is 0 Å². The summed E-state index contributed by atoms with van der Waals surface area (Å²) in [4.78, 5) is 37.7. The van der Waals surface area contributed by atoms with E-state index >= 15 is 0 Å². The Hall–Kier alpha value is -2.87. The highest BCUT2D eigenvalue weighted by atomic mass is 16.7. The van der Waals surface area contributed by atoms with E-state index in [0.717, 1.165) is 56.1 Å². The summed E-state index contributed by atoms with van der Waals surface area (Å²) in [5.41, 5.74) is 1.08. The lowest BCUT2D eigenvalue weighted by Crippen LogP contribution is -2.46. The summed E-state index contributed by atoms with van der Waals surface area (Å²) < 4.78 is 41.5. The minimum absolute atomic E-state index is 0.0359. The molecule has 2 fully saturated rings. The molecular formula is C55H88O12. The molecule has 0 aromatic carbocycles. The number of hydrogen-bond acceptors (Lipinski definition) is 12. The van der Waals surface area contributed by atoms with Crippen LogP contribution in [0.1, 0.15) is 167 Å². The zero-order valence-electron chi connectivity index (χ0n) is 43.5. The first kappa shape index (κ1) is 55.1. The van der Waals surface area contributed by atoms with Crippen molar-refractivity contribution < 1.29 is 57.8 Å². The zero-order chi connectivity index (χ0) is 49.6. The van der Waals surface area contributed by atoms with Gasteiger partial charge in [-0.3, -0.25) is 14.4 Å². The maximum Gasteiger partial charge on any atom is 0.311 e. The molecule has 4 aliphatic carbocycles. The van der Waals surface area contributed by atoms with Gasteiger partial charge in [-0.25, -0.2) is 0 Å². The zero-order valence-corrected chi connectivity index (χ0v) is 43.5. The van der Waals surface area contributed by atoms with E-state index < -0.39 is 34.6 Å². The molecular weight excluding hydrogens is 853 g/mol. The highest BCUT2D eigenvalue weighted by molar-refractivity contribution is 5.76. The first-order valence-electron chi connectivity index (χ1n) is 25.7. The standard InChI is InChI=1S/C28H44O7.C27H44O5/c1-8-27(3,4)26(31)33-23-14-19(29)13-18-10-9-17(2)22(25(18)23)12-11-20-15-21(16-24(30)32-7)35-28(5,6)34-20;1-8-20-16-21(32-27(6,7)31-20)12-13-22-17(3)10-11-18-14-19(28)15-23(24(18)22)30-25(29)26(4,5)9-2/h9-10,13,17,19-23,25,29H,8,11-12,14-16H2,1-7H3;10-11,14,17,19-24,28H,8-9,12-13,15-16H2,1-7H3/t17-,19-,20+,21+,22-,23-,25-;17-,19-,20-,21+,22-,23-,24-/m00/s1. The number of rotatable bonds is 15. The molecule has 12 heteroatoms. The molecule has 0 unspecified atom stereocenters. The predicted molar refractivity (Wildman–Crippen MR) is 258 cm³/mol. The fourth-order valence-corrected chi connectivity index (χ4v) is 11.1. The summed E-state index contributed by atoms with van der Waals surface area (Å²) in [5.74, 6) is -0.569. The SMILES string of the molecule is CCC(C)(C)C(=O)O[C@H]1C[C@@H](O)C=C2C=C[C@H](C)[C@H](CC[C@@H]3C[C@H](CC(=O)OC)OC(C)(C)O3)[C@H]21.CC[C@H]1C[C@@H](CC[C@@H]2[C@@H]3C(=C[C@H](O)C[C@@H]3OC(=O)C(C)(C)CC)C=C[C@@H]2C)OC(C)(C)O1. The van der Waals surface area contributed by atoms with Crippen molar-refractivity contribution >= 4 is 17.9 Å². The van der Waals surface area contributed by atoms with Crippen LogP contribution < -0.4 is 0 Å². The van der Waals surface area contributed by atoms with Crippen LogP contribution >= 0.6 is 0 Å². The summed E-state index contributed by atoms with van der Waals surface area (Å²) in [6.45, 7) is 26.0. The van der Waals surface area contributed by atoms with Crippen LogP contribution in [0.4, 0.5) is 0 Å². The fourth-order valence-electron chi connectivity index (χ4n) is 11.1. The third kappa shape index (κ3) is 14.6. The van der Waals surface area contributed by atoms with Crippen molar-refractivity contribution in [3.05, 3.63) is 47.6 Å². The molecule has 2 heterocycles. The van der Waals surface area contributed by atoms with E-state index in [9.17, 15) is 24.6 Å². The van der Waals surface area contributed by atoms with Gasteiger partial charge in [0.15, 0.2) is 11.6 Å². The quantitative estimate of drug-likeness (QED) is 0.119. The van der Waals surface area contributed by atoms with Gasteiger partial charge in [0.05, 0.1) is 61.0 Å². The van der Waals surface area contributed by atoms with Crippen molar-refractivity contribution in [2.24, 2.45) is 46.3 Å². The van der Waals surface area contributed by atoms with Gasteiger partial charge in [-0.2, -0.15) is 0 Å². The van der Waals surface area contributed by atoms with Crippen LogP contribution in [0.15, 0.2) is 47.6 Å². The third-order valence-electron chi connectivity index (χ3n) is 15.7.